The number of anilines is 1. The van der Waals surface area contributed by atoms with Gasteiger partial charge in [0.1, 0.15) is 0 Å². The first-order chi connectivity index (χ1) is 7.70. The van der Waals surface area contributed by atoms with Crippen molar-refractivity contribution in [2.75, 3.05) is 37.6 Å². The molecule has 88 valence electrons. The summed E-state index contributed by atoms with van der Waals surface area (Å²) in [6, 6.07) is 6.30. The molecule has 0 aliphatic carbocycles. The van der Waals surface area contributed by atoms with E-state index in [0.29, 0.717) is 0 Å². The van der Waals surface area contributed by atoms with Crippen LogP contribution in [0.2, 0.25) is 5.02 Å². The van der Waals surface area contributed by atoms with E-state index in [0.717, 1.165) is 43.3 Å². The summed E-state index contributed by atoms with van der Waals surface area (Å²) in [4.78, 5) is 4.93. The predicted octanol–water partition coefficient (Wildman–Crippen LogP) is 2.79. The first kappa shape index (κ1) is 11.7. The van der Waals surface area contributed by atoms with Crippen LogP contribution in [0.1, 0.15) is 12.5 Å². The van der Waals surface area contributed by atoms with Gasteiger partial charge in [-0.05, 0) is 37.2 Å². The quantitative estimate of drug-likeness (QED) is 0.782. The number of hydrogen-bond acceptors (Lipinski definition) is 2. The van der Waals surface area contributed by atoms with Gasteiger partial charge < -0.3 is 9.80 Å². The van der Waals surface area contributed by atoms with Crippen molar-refractivity contribution in [3.05, 3.63) is 28.8 Å². The molecule has 1 aliphatic rings. The number of rotatable bonds is 2. The monoisotopic (exact) mass is 238 g/mol. The maximum atomic E-state index is 6.04. The lowest BCUT2D eigenvalue weighted by Crippen LogP contribution is -2.46. The van der Waals surface area contributed by atoms with E-state index in [2.05, 4.69) is 35.8 Å². The fraction of sp³-hybridized carbons (Fsp3) is 0.538. The molecule has 1 fully saturated rings. The number of aryl methyl sites for hydroxylation is 1. The van der Waals surface area contributed by atoms with E-state index >= 15 is 0 Å². The van der Waals surface area contributed by atoms with Gasteiger partial charge in [-0.15, -0.1) is 0 Å². The van der Waals surface area contributed by atoms with Crippen LogP contribution >= 0.6 is 11.6 Å². The topological polar surface area (TPSA) is 6.48 Å². The summed E-state index contributed by atoms with van der Waals surface area (Å²) in [7, 11) is 0. The summed E-state index contributed by atoms with van der Waals surface area (Å²) in [6.07, 6.45) is 0. The molecule has 0 spiro atoms. The highest BCUT2D eigenvalue weighted by atomic mass is 35.5. The van der Waals surface area contributed by atoms with Crippen molar-refractivity contribution in [1.82, 2.24) is 4.90 Å². The van der Waals surface area contributed by atoms with Crippen LogP contribution in [-0.2, 0) is 0 Å². The number of piperazine rings is 1. The SMILES string of the molecule is CCN1CCN(c2ccc(Cl)c(C)c2)CC1. The third kappa shape index (κ3) is 2.50. The van der Waals surface area contributed by atoms with E-state index in [1.165, 1.54) is 5.69 Å². The number of nitrogens with zero attached hydrogens (tertiary/aromatic N) is 2. The van der Waals surface area contributed by atoms with Crippen molar-refractivity contribution in [2.24, 2.45) is 0 Å². The van der Waals surface area contributed by atoms with E-state index in [9.17, 15) is 0 Å². The van der Waals surface area contributed by atoms with Gasteiger partial charge in [-0.25, -0.2) is 0 Å². The van der Waals surface area contributed by atoms with Crippen LogP contribution in [0, 0.1) is 6.92 Å². The Labute approximate surface area is 103 Å². The first-order valence-electron chi connectivity index (χ1n) is 5.94. The van der Waals surface area contributed by atoms with Gasteiger partial charge in [0, 0.05) is 36.9 Å². The molecule has 1 saturated heterocycles. The van der Waals surface area contributed by atoms with Crippen LogP contribution < -0.4 is 4.90 Å². The molecule has 2 rings (SSSR count). The Morgan fingerprint density at radius 2 is 1.88 bits per heavy atom. The maximum Gasteiger partial charge on any atom is 0.0436 e. The average molecular weight is 239 g/mol. The van der Waals surface area contributed by atoms with Crippen molar-refractivity contribution < 1.29 is 0 Å². The Kier molecular flexibility index (Phi) is 3.72. The molecular formula is C13H19ClN2. The van der Waals surface area contributed by atoms with Crippen LogP contribution in [0.5, 0.6) is 0 Å². The first-order valence-corrected chi connectivity index (χ1v) is 6.32. The van der Waals surface area contributed by atoms with Gasteiger partial charge in [0.15, 0.2) is 0 Å². The van der Waals surface area contributed by atoms with Gasteiger partial charge in [-0.2, -0.15) is 0 Å². The van der Waals surface area contributed by atoms with Crippen LogP contribution in [0.4, 0.5) is 5.69 Å². The molecule has 0 saturated carbocycles. The number of benzene rings is 1. The van der Waals surface area contributed by atoms with Crippen LogP contribution in [0.3, 0.4) is 0 Å². The van der Waals surface area contributed by atoms with E-state index < -0.39 is 0 Å². The van der Waals surface area contributed by atoms with Gasteiger partial charge in [-0.3, -0.25) is 0 Å². The van der Waals surface area contributed by atoms with Crippen LogP contribution in [0.25, 0.3) is 0 Å². The standard InChI is InChI=1S/C13H19ClN2/c1-3-15-6-8-16(9-7-15)12-4-5-13(14)11(2)10-12/h4-5,10H,3,6-9H2,1-2H3. The lowest BCUT2D eigenvalue weighted by molar-refractivity contribution is 0.271. The van der Waals surface area contributed by atoms with Gasteiger partial charge >= 0.3 is 0 Å². The minimum atomic E-state index is 0.857. The molecule has 0 aromatic heterocycles. The zero-order valence-electron chi connectivity index (χ0n) is 10.0. The highest BCUT2D eigenvalue weighted by Crippen LogP contribution is 2.23. The Balaban J connectivity index is 2.05. The summed E-state index contributed by atoms with van der Waals surface area (Å²) in [5.41, 5.74) is 2.47. The maximum absolute atomic E-state index is 6.04. The zero-order chi connectivity index (χ0) is 11.5. The average Bonchev–Trinajstić information content (AvgIpc) is 2.33. The summed E-state index contributed by atoms with van der Waals surface area (Å²) in [5, 5.41) is 0.857. The number of hydrogen-bond donors (Lipinski definition) is 0. The Morgan fingerprint density at radius 1 is 1.19 bits per heavy atom. The van der Waals surface area contributed by atoms with E-state index in [1.54, 1.807) is 0 Å². The predicted molar refractivity (Wildman–Crippen MR) is 70.5 cm³/mol. The highest BCUT2D eigenvalue weighted by molar-refractivity contribution is 6.31. The van der Waals surface area contributed by atoms with Crippen molar-refractivity contribution in [2.45, 2.75) is 13.8 Å². The van der Waals surface area contributed by atoms with Crippen LogP contribution in [0.15, 0.2) is 18.2 Å². The largest absolute Gasteiger partial charge is 0.369 e. The van der Waals surface area contributed by atoms with Gasteiger partial charge in [0.25, 0.3) is 0 Å². The van der Waals surface area contributed by atoms with Gasteiger partial charge in [0.2, 0.25) is 0 Å². The molecular weight excluding hydrogens is 220 g/mol. The minimum Gasteiger partial charge on any atom is -0.369 e. The molecule has 0 atom stereocenters. The number of halogens is 1. The molecule has 0 amide bonds. The molecule has 1 heterocycles. The third-order valence-electron chi connectivity index (χ3n) is 3.33. The van der Waals surface area contributed by atoms with Crippen molar-refractivity contribution in [3.8, 4) is 0 Å². The summed E-state index contributed by atoms with van der Waals surface area (Å²) in [5.74, 6) is 0. The number of likely N-dealkylation sites (N-methyl/N-ethyl adjacent to an activating group) is 1. The third-order valence-corrected chi connectivity index (χ3v) is 3.75. The molecule has 0 radical (unpaired) electrons. The van der Waals surface area contributed by atoms with Crippen molar-refractivity contribution >= 4 is 17.3 Å². The summed E-state index contributed by atoms with van der Waals surface area (Å²) < 4.78 is 0. The van der Waals surface area contributed by atoms with Crippen LogP contribution in [-0.4, -0.2) is 37.6 Å². The van der Waals surface area contributed by atoms with Gasteiger partial charge in [0.05, 0.1) is 0 Å². The molecule has 0 N–H and O–H groups in total. The Bertz CT molecular complexity index is 357. The normalized spacial score (nSPS) is 17.8. The van der Waals surface area contributed by atoms with E-state index in [4.69, 9.17) is 11.6 Å². The lowest BCUT2D eigenvalue weighted by Gasteiger charge is -2.35. The fourth-order valence-corrected chi connectivity index (χ4v) is 2.27. The lowest BCUT2D eigenvalue weighted by atomic mass is 10.2. The van der Waals surface area contributed by atoms with E-state index in [-0.39, 0.29) is 0 Å². The minimum absolute atomic E-state index is 0.857. The molecule has 1 aromatic rings. The molecule has 1 aliphatic heterocycles. The molecule has 2 nitrogen and oxygen atoms in total. The van der Waals surface area contributed by atoms with Crippen molar-refractivity contribution in [1.29, 1.82) is 0 Å². The second-order valence-electron chi connectivity index (χ2n) is 4.35. The second kappa shape index (κ2) is 5.07. The zero-order valence-corrected chi connectivity index (χ0v) is 10.8. The second-order valence-corrected chi connectivity index (χ2v) is 4.76. The Morgan fingerprint density at radius 3 is 2.44 bits per heavy atom. The Hall–Kier alpha value is -0.730. The van der Waals surface area contributed by atoms with Crippen molar-refractivity contribution in [3.63, 3.8) is 0 Å². The molecule has 1 aromatic carbocycles. The molecule has 0 bridgehead atoms. The van der Waals surface area contributed by atoms with E-state index in [1.807, 2.05) is 6.07 Å². The molecule has 16 heavy (non-hydrogen) atoms. The fourth-order valence-electron chi connectivity index (χ4n) is 2.15. The summed E-state index contributed by atoms with van der Waals surface area (Å²) >= 11 is 6.04. The highest BCUT2D eigenvalue weighted by Gasteiger charge is 2.15. The molecule has 0 unspecified atom stereocenters. The smallest absolute Gasteiger partial charge is 0.0436 e. The summed E-state index contributed by atoms with van der Waals surface area (Å²) in [6.45, 7) is 10.0. The molecule has 3 heteroatoms. The van der Waals surface area contributed by atoms with Gasteiger partial charge in [-0.1, -0.05) is 18.5 Å².